The summed E-state index contributed by atoms with van der Waals surface area (Å²) < 4.78 is 29.4. The van der Waals surface area contributed by atoms with Gasteiger partial charge >= 0.3 is 0 Å². The van der Waals surface area contributed by atoms with Crippen LogP contribution in [0.5, 0.6) is 0 Å². The Kier molecular flexibility index (Phi) is 4.37. The number of aryl methyl sites for hydroxylation is 1. The molecule has 0 aliphatic carbocycles. The number of benzene rings is 1. The predicted molar refractivity (Wildman–Crippen MR) is 93.8 cm³/mol. The standard InChI is InChI=1S/C14H11Cl2N3O2S2/c1-19-8-13(14(17-19)12-3-2-6-22-12)23(20,21)18-9-4-5-10(15)11(16)7-9/h2-8,18H,1H3. The van der Waals surface area contributed by atoms with Crippen LogP contribution in [0.4, 0.5) is 5.69 Å². The highest BCUT2D eigenvalue weighted by molar-refractivity contribution is 7.92. The van der Waals surface area contributed by atoms with E-state index in [0.717, 1.165) is 4.88 Å². The molecule has 3 aromatic rings. The SMILES string of the molecule is Cn1cc(S(=O)(=O)Nc2ccc(Cl)c(Cl)c2)c(-c2cccs2)n1. The van der Waals surface area contributed by atoms with Gasteiger partial charge in [-0.1, -0.05) is 29.3 Å². The third-order valence-electron chi connectivity index (χ3n) is 3.01. The van der Waals surface area contributed by atoms with Crippen LogP contribution in [0.2, 0.25) is 10.0 Å². The Hall–Kier alpha value is -1.54. The van der Waals surface area contributed by atoms with E-state index in [1.165, 1.54) is 34.3 Å². The average molecular weight is 388 g/mol. The lowest BCUT2D eigenvalue weighted by Crippen LogP contribution is -2.13. The molecule has 0 unspecified atom stereocenters. The first-order valence-electron chi connectivity index (χ1n) is 6.42. The van der Waals surface area contributed by atoms with Crippen molar-refractivity contribution in [3.05, 3.63) is 52.0 Å². The largest absolute Gasteiger partial charge is 0.279 e. The summed E-state index contributed by atoms with van der Waals surface area (Å²) in [6, 6.07) is 8.21. The number of rotatable bonds is 4. The number of hydrogen-bond acceptors (Lipinski definition) is 4. The second-order valence-corrected chi connectivity index (χ2v) is 8.14. The molecule has 0 atom stereocenters. The van der Waals surface area contributed by atoms with E-state index in [9.17, 15) is 8.42 Å². The zero-order valence-electron chi connectivity index (χ0n) is 11.8. The molecule has 120 valence electrons. The van der Waals surface area contributed by atoms with Gasteiger partial charge in [0.25, 0.3) is 10.0 Å². The van der Waals surface area contributed by atoms with E-state index < -0.39 is 10.0 Å². The molecule has 0 aliphatic heterocycles. The van der Waals surface area contributed by atoms with Gasteiger partial charge in [0.15, 0.2) is 0 Å². The van der Waals surface area contributed by atoms with Crippen LogP contribution in [0.25, 0.3) is 10.6 Å². The minimum Gasteiger partial charge on any atom is -0.279 e. The van der Waals surface area contributed by atoms with Crippen molar-refractivity contribution < 1.29 is 8.42 Å². The Bertz CT molecular complexity index is 951. The highest BCUT2D eigenvalue weighted by Crippen LogP contribution is 2.31. The molecule has 0 bridgehead atoms. The second kappa shape index (κ2) is 6.16. The number of nitrogens with zero attached hydrogens (tertiary/aromatic N) is 2. The molecule has 0 spiro atoms. The molecule has 0 saturated carbocycles. The number of thiophene rings is 1. The number of anilines is 1. The van der Waals surface area contributed by atoms with Crippen LogP contribution in [0, 0.1) is 0 Å². The average Bonchev–Trinajstić information content (AvgIpc) is 3.11. The summed E-state index contributed by atoms with van der Waals surface area (Å²) in [5.41, 5.74) is 0.746. The smallest absolute Gasteiger partial charge is 0.265 e. The molecule has 3 rings (SSSR count). The van der Waals surface area contributed by atoms with Gasteiger partial charge in [0.2, 0.25) is 0 Å². The van der Waals surface area contributed by atoms with Gasteiger partial charge in [-0.2, -0.15) is 5.10 Å². The summed E-state index contributed by atoms with van der Waals surface area (Å²) in [7, 11) is -2.13. The van der Waals surface area contributed by atoms with Crippen molar-refractivity contribution in [3.8, 4) is 10.6 Å². The van der Waals surface area contributed by atoms with Crippen molar-refractivity contribution >= 4 is 50.2 Å². The van der Waals surface area contributed by atoms with E-state index in [0.29, 0.717) is 16.4 Å². The van der Waals surface area contributed by atoms with Gasteiger partial charge < -0.3 is 0 Å². The fourth-order valence-electron chi connectivity index (χ4n) is 2.02. The maximum atomic E-state index is 12.7. The third-order valence-corrected chi connectivity index (χ3v) is 6.01. The molecule has 1 aromatic carbocycles. The lowest BCUT2D eigenvalue weighted by Gasteiger charge is -2.08. The van der Waals surface area contributed by atoms with Gasteiger partial charge in [0, 0.05) is 13.2 Å². The van der Waals surface area contributed by atoms with Crippen LogP contribution in [-0.2, 0) is 17.1 Å². The van der Waals surface area contributed by atoms with E-state index in [1.807, 2.05) is 17.5 Å². The molecule has 0 radical (unpaired) electrons. The van der Waals surface area contributed by atoms with Gasteiger partial charge in [-0.15, -0.1) is 11.3 Å². The Morgan fingerprint density at radius 1 is 1.22 bits per heavy atom. The van der Waals surface area contributed by atoms with E-state index in [4.69, 9.17) is 23.2 Å². The minimum absolute atomic E-state index is 0.105. The molecule has 0 amide bonds. The maximum absolute atomic E-state index is 12.7. The molecule has 23 heavy (non-hydrogen) atoms. The molecular formula is C14H11Cl2N3O2S2. The van der Waals surface area contributed by atoms with Crippen molar-refractivity contribution in [2.45, 2.75) is 4.90 Å². The number of sulfonamides is 1. The van der Waals surface area contributed by atoms with Gasteiger partial charge in [0.05, 0.1) is 20.6 Å². The molecule has 5 nitrogen and oxygen atoms in total. The van der Waals surface area contributed by atoms with Crippen LogP contribution in [0.1, 0.15) is 0 Å². The number of aromatic nitrogens is 2. The molecule has 2 aromatic heterocycles. The fourth-order valence-corrected chi connectivity index (χ4v) is 4.35. The van der Waals surface area contributed by atoms with Crippen LogP contribution < -0.4 is 4.72 Å². The summed E-state index contributed by atoms with van der Waals surface area (Å²) in [5.74, 6) is 0. The molecule has 1 N–H and O–H groups in total. The van der Waals surface area contributed by atoms with E-state index in [-0.39, 0.29) is 9.92 Å². The second-order valence-electron chi connectivity index (χ2n) is 4.73. The first-order valence-corrected chi connectivity index (χ1v) is 9.54. The Labute approximate surface area is 147 Å². The van der Waals surface area contributed by atoms with Gasteiger partial charge in [-0.3, -0.25) is 9.40 Å². The van der Waals surface area contributed by atoms with Crippen LogP contribution >= 0.6 is 34.5 Å². The third kappa shape index (κ3) is 3.37. The van der Waals surface area contributed by atoms with Crippen molar-refractivity contribution in [2.24, 2.45) is 7.05 Å². The van der Waals surface area contributed by atoms with Crippen LogP contribution in [0.15, 0.2) is 46.8 Å². The summed E-state index contributed by atoms with van der Waals surface area (Å²) in [4.78, 5) is 0.883. The lowest BCUT2D eigenvalue weighted by atomic mass is 10.3. The topological polar surface area (TPSA) is 64.0 Å². The number of hydrogen-bond donors (Lipinski definition) is 1. The Morgan fingerprint density at radius 3 is 2.65 bits per heavy atom. The van der Waals surface area contributed by atoms with E-state index >= 15 is 0 Å². The fraction of sp³-hybridized carbons (Fsp3) is 0.0714. The normalized spacial score (nSPS) is 11.6. The van der Waals surface area contributed by atoms with Crippen molar-refractivity contribution in [1.82, 2.24) is 9.78 Å². The quantitative estimate of drug-likeness (QED) is 0.727. The molecule has 0 saturated heterocycles. The summed E-state index contributed by atoms with van der Waals surface area (Å²) >= 11 is 13.2. The zero-order valence-corrected chi connectivity index (χ0v) is 15.0. The number of halogens is 2. The molecule has 0 fully saturated rings. The Morgan fingerprint density at radius 2 is 2.00 bits per heavy atom. The first kappa shape index (κ1) is 16.3. The van der Waals surface area contributed by atoms with Gasteiger partial charge in [0.1, 0.15) is 10.6 Å². The van der Waals surface area contributed by atoms with Crippen molar-refractivity contribution in [2.75, 3.05) is 4.72 Å². The first-order chi connectivity index (χ1) is 10.9. The number of nitrogens with one attached hydrogen (secondary N) is 1. The van der Waals surface area contributed by atoms with Gasteiger partial charge in [-0.25, -0.2) is 8.42 Å². The molecule has 0 aliphatic rings. The monoisotopic (exact) mass is 387 g/mol. The van der Waals surface area contributed by atoms with Crippen molar-refractivity contribution in [1.29, 1.82) is 0 Å². The van der Waals surface area contributed by atoms with Gasteiger partial charge in [-0.05, 0) is 29.6 Å². The molecular weight excluding hydrogens is 377 g/mol. The minimum atomic E-state index is -3.81. The predicted octanol–water partition coefficient (Wildman–Crippen LogP) is 4.26. The van der Waals surface area contributed by atoms with Crippen LogP contribution in [-0.4, -0.2) is 18.2 Å². The lowest BCUT2D eigenvalue weighted by molar-refractivity contribution is 0.601. The van der Waals surface area contributed by atoms with Crippen LogP contribution in [0.3, 0.4) is 0 Å². The maximum Gasteiger partial charge on any atom is 0.265 e. The van der Waals surface area contributed by atoms with E-state index in [2.05, 4.69) is 9.82 Å². The Balaban J connectivity index is 2.02. The van der Waals surface area contributed by atoms with Crippen molar-refractivity contribution in [3.63, 3.8) is 0 Å². The van der Waals surface area contributed by atoms with E-state index in [1.54, 1.807) is 13.1 Å². The summed E-state index contributed by atoms with van der Waals surface area (Å²) in [6.45, 7) is 0. The molecule has 9 heteroatoms. The summed E-state index contributed by atoms with van der Waals surface area (Å²) in [6.07, 6.45) is 1.47. The molecule has 2 heterocycles. The highest BCUT2D eigenvalue weighted by Gasteiger charge is 2.24. The zero-order chi connectivity index (χ0) is 16.6. The highest BCUT2D eigenvalue weighted by atomic mass is 35.5. The summed E-state index contributed by atoms with van der Waals surface area (Å²) in [5, 5.41) is 6.75.